The van der Waals surface area contributed by atoms with Gasteiger partial charge in [-0.25, -0.2) is 9.18 Å². The van der Waals surface area contributed by atoms with Gasteiger partial charge in [0, 0.05) is 18.3 Å². The first-order valence-corrected chi connectivity index (χ1v) is 11.2. The number of halogens is 1. The predicted octanol–water partition coefficient (Wildman–Crippen LogP) is 5.18. The lowest BCUT2D eigenvalue weighted by atomic mass is 10.1. The Morgan fingerprint density at radius 1 is 1.18 bits per heavy atom. The Hall–Kier alpha value is -3.58. The number of benzene rings is 3. The Labute approximate surface area is 199 Å². The molecule has 6 nitrogen and oxygen atoms in total. The molecule has 0 spiro atoms. The molecular formula is C27H29FN2O4. The summed E-state index contributed by atoms with van der Waals surface area (Å²) in [6.07, 6.45) is -0.150. The largest absolute Gasteiger partial charge is 0.494 e. The van der Waals surface area contributed by atoms with E-state index in [1.54, 1.807) is 12.1 Å². The first-order chi connectivity index (χ1) is 16.4. The van der Waals surface area contributed by atoms with Gasteiger partial charge in [-0.05, 0) is 61.4 Å². The second-order valence-corrected chi connectivity index (χ2v) is 8.33. The van der Waals surface area contributed by atoms with Gasteiger partial charge in [0.15, 0.2) is 11.6 Å². The lowest BCUT2D eigenvalue weighted by Crippen LogP contribution is -2.44. The number of anilines is 2. The number of aryl methyl sites for hydroxylation is 1. The van der Waals surface area contributed by atoms with Crippen molar-refractivity contribution >= 4 is 17.3 Å². The Morgan fingerprint density at radius 2 is 1.97 bits per heavy atom. The molecule has 0 amide bonds. The van der Waals surface area contributed by atoms with E-state index in [0.717, 1.165) is 28.3 Å². The third-order valence-electron chi connectivity index (χ3n) is 6.10. The van der Waals surface area contributed by atoms with E-state index in [1.165, 1.54) is 20.3 Å². The molecule has 2 atom stereocenters. The SMILES string of the molecule is COC(=O)c1cc(N2CC(CN[C@H](C)c3ccc(F)c(OC)c3)Oc3ccccc32)ccc1C. The van der Waals surface area contributed by atoms with Gasteiger partial charge in [0.1, 0.15) is 11.9 Å². The molecule has 178 valence electrons. The van der Waals surface area contributed by atoms with Crippen LogP contribution in [0.15, 0.2) is 60.7 Å². The quantitative estimate of drug-likeness (QED) is 0.487. The van der Waals surface area contributed by atoms with Crippen molar-refractivity contribution < 1.29 is 23.4 Å². The second-order valence-electron chi connectivity index (χ2n) is 8.33. The summed E-state index contributed by atoms with van der Waals surface area (Å²) in [7, 11) is 2.84. The van der Waals surface area contributed by atoms with Gasteiger partial charge < -0.3 is 24.4 Å². The van der Waals surface area contributed by atoms with Gasteiger partial charge in [0.05, 0.1) is 32.0 Å². The summed E-state index contributed by atoms with van der Waals surface area (Å²) in [5.41, 5.74) is 4.15. The fraction of sp³-hybridized carbons (Fsp3) is 0.296. The van der Waals surface area contributed by atoms with Gasteiger partial charge in [0.25, 0.3) is 0 Å². The van der Waals surface area contributed by atoms with Gasteiger partial charge in [-0.1, -0.05) is 24.3 Å². The number of nitrogens with zero attached hydrogens (tertiary/aromatic N) is 1. The zero-order chi connectivity index (χ0) is 24.2. The Bertz CT molecular complexity index is 1180. The molecule has 4 rings (SSSR count). The Morgan fingerprint density at radius 3 is 2.74 bits per heavy atom. The standard InChI is InChI=1S/C27H29FN2O4/c1-17-9-11-20(14-22(17)27(31)33-4)30-16-21(34-25-8-6-5-7-24(25)30)15-29-18(2)19-10-12-23(28)26(13-19)32-3/h5-14,18,21,29H,15-16H2,1-4H3/t18-,21?/m1/s1. The molecule has 1 N–H and O–H groups in total. The minimum Gasteiger partial charge on any atom is -0.494 e. The van der Waals surface area contributed by atoms with Crippen LogP contribution in [0.3, 0.4) is 0 Å². The molecular weight excluding hydrogens is 435 g/mol. The number of esters is 1. The molecule has 0 aliphatic carbocycles. The molecule has 0 radical (unpaired) electrons. The average molecular weight is 465 g/mol. The summed E-state index contributed by atoms with van der Waals surface area (Å²) < 4.78 is 30.1. The molecule has 34 heavy (non-hydrogen) atoms. The highest BCUT2D eigenvalue weighted by Crippen LogP contribution is 2.38. The van der Waals surface area contributed by atoms with E-state index in [1.807, 2.05) is 56.3 Å². The maximum Gasteiger partial charge on any atom is 0.338 e. The number of ether oxygens (including phenoxy) is 3. The van der Waals surface area contributed by atoms with Crippen LogP contribution in [-0.2, 0) is 4.74 Å². The van der Waals surface area contributed by atoms with Crippen LogP contribution in [0.1, 0.15) is 34.5 Å². The van der Waals surface area contributed by atoms with E-state index in [9.17, 15) is 9.18 Å². The average Bonchev–Trinajstić information content (AvgIpc) is 2.86. The summed E-state index contributed by atoms with van der Waals surface area (Å²) in [5.74, 6) is 0.256. The minimum absolute atomic E-state index is 0.0333. The van der Waals surface area contributed by atoms with E-state index in [4.69, 9.17) is 14.2 Å². The van der Waals surface area contributed by atoms with Gasteiger partial charge in [0.2, 0.25) is 0 Å². The van der Waals surface area contributed by atoms with Crippen molar-refractivity contribution in [2.45, 2.75) is 26.0 Å². The number of hydrogen-bond acceptors (Lipinski definition) is 6. The molecule has 0 aromatic heterocycles. The highest BCUT2D eigenvalue weighted by molar-refractivity contribution is 5.92. The van der Waals surface area contributed by atoms with Crippen LogP contribution in [-0.4, -0.2) is 39.4 Å². The summed E-state index contributed by atoms with van der Waals surface area (Å²) in [6, 6.07) is 18.5. The lowest BCUT2D eigenvalue weighted by molar-refractivity contribution is 0.0600. The highest BCUT2D eigenvalue weighted by Gasteiger charge is 2.27. The Kier molecular flexibility index (Phi) is 7.03. The smallest absolute Gasteiger partial charge is 0.338 e. The van der Waals surface area contributed by atoms with Crippen LogP contribution in [0, 0.1) is 12.7 Å². The summed E-state index contributed by atoms with van der Waals surface area (Å²) in [4.78, 5) is 14.4. The molecule has 0 saturated carbocycles. The zero-order valence-electron chi connectivity index (χ0n) is 19.8. The third kappa shape index (κ3) is 4.84. The van der Waals surface area contributed by atoms with Crippen molar-refractivity contribution in [1.82, 2.24) is 5.32 Å². The maximum absolute atomic E-state index is 13.8. The number of carbonyl (C=O) groups excluding carboxylic acids is 1. The van der Waals surface area contributed by atoms with Crippen molar-refractivity contribution in [2.24, 2.45) is 0 Å². The zero-order valence-corrected chi connectivity index (χ0v) is 19.8. The molecule has 1 aliphatic heterocycles. The summed E-state index contributed by atoms with van der Waals surface area (Å²) >= 11 is 0. The summed E-state index contributed by atoms with van der Waals surface area (Å²) in [5, 5.41) is 3.49. The van der Waals surface area contributed by atoms with E-state index >= 15 is 0 Å². The fourth-order valence-electron chi connectivity index (χ4n) is 4.13. The number of hydrogen-bond donors (Lipinski definition) is 1. The number of rotatable bonds is 7. The molecule has 3 aromatic carbocycles. The second kappa shape index (κ2) is 10.1. The van der Waals surface area contributed by atoms with Crippen molar-refractivity contribution in [3.05, 3.63) is 83.2 Å². The van der Waals surface area contributed by atoms with Gasteiger partial charge >= 0.3 is 5.97 Å². The van der Waals surface area contributed by atoms with E-state index < -0.39 is 0 Å². The van der Waals surface area contributed by atoms with Crippen LogP contribution in [0.5, 0.6) is 11.5 Å². The van der Waals surface area contributed by atoms with Crippen molar-refractivity contribution in [3.63, 3.8) is 0 Å². The monoisotopic (exact) mass is 464 g/mol. The molecule has 0 saturated heterocycles. The van der Waals surface area contributed by atoms with Crippen molar-refractivity contribution in [3.8, 4) is 11.5 Å². The maximum atomic E-state index is 13.8. The highest BCUT2D eigenvalue weighted by atomic mass is 19.1. The molecule has 0 bridgehead atoms. The predicted molar refractivity (Wildman–Crippen MR) is 130 cm³/mol. The number of fused-ring (bicyclic) bond motifs is 1. The van der Waals surface area contributed by atoms with Gasteiger partial charge in [-0.2, -0.15) is 0 Å². The van der Waals surface area contributed by atoms with Crippen LogP contribution >= 0.6 is 0 Å². The number of carbonyl (C=O) groups is 1. The molecule has 3 aromatic rings. The lowest BCUT2D eigenvalue weighted by Gasteiger charge is -2.37. The first kappa shape index (κ1) is 23.6. The van der Waals surface area contributed by atoms with Gasteiger partial charge in [-0.3, -0.25) is 0 Å². The van der Waals surface area contributed by atoms with E-state index in [0.29, 0.717) is 18.7 Å². The normalized spacial score (nSPS) is 15.8. The summed E-state index contributed by atoms with van der Waals surface area (Å²) in [6.45, 7) is 5.07. The Balaban J connectivity index is 1.55. The van der Waals surface area contributed by atoms with Crippen molar-refractivity contribution in [1.29, 1.82) is 0 Å². The number of para-hydroxylation sites is 2. The third-order valence-corrected chi connectivity index (χ3v) is 6.10. The molecule has 1 unspecified atom stereocenters. The molecule has 7 heteroatoms. The van der Waals surface area contributed by atoms with Crippen molar-refractivity contribution in [2.75, 3.05) is 32.2 Å². The minimum atomic E-state index is -0.384. The van der Waals surface area contributed by atoms with Crippen LogP contribution in [0.25, 0.3) is 0 Å². The van der Waals surface area contributed by atoms with Crippen LogP contribution in [0.4, 0.5) is 15.8 Å². The molecule has 1 aliphatic rings. The number of methoxy groups -OCH3 is 2. The van der Waals surface area contributed by atoms with Crippen LogP contribution in [0.2, 0.25) is 0 Å². The van der Waals surface area contributed by atoms with E-state index in [2.05, 4.69) is 10.2 Å². The number of nitrogens with one attached hydrogen (secondary N) is 1. The molecule has 1 heterocycles. The molecule has 0 fully saturated rings. The van der Waals surface area contributed by atoms with Gasteiger partial charge in [-0.15, -0.1) is 0 Å². The topological polar surface area (TPSA) is 60.0 Å². The fourth-order valence-corrected chi connectivity index (χ4v) is 4.13. The van der Waals surface area contributed by atoms with E-state index in [-0.39, 0.29) is 29.7 Å². The first-order valence-electron chi connectivity index (χ1n) is 11.2. The van der Waals surface area contributed by atoms with Crippen LogP contribution < -0.4 is 19.7 Å².